The Hall–Kier alpha value is -4.98. The van der Waals surface area contributed by atoms with Gasteiger partial charge in [-0.2, -0.15) is 0 Å². The van der Waals surface area contributed by atoms with Crippen molar-refractivity contribution < 1.29 is 76.1 Å². The number of carbonyl (C=O) groups excluding carboxylic acids is 6. The molecule has 2 aromatic carbocycles. The molecule has 2 aliphatic heterocycles. The summed E-state index contributed by atoms with van der Waals surface area (Å²) in [6, 6.07) is 15.9. The number of ether oxygens (including phenoxy) is 10. The van der Waals surface area contributed by atoms with E-state index in [0.29, 0.717) is 0 Å². The van der Waals surface area contributed by atoms with Gasteiger partial charge in [-0.25, -0.2) is 4.79 Å². The number of nitrogens with one attached hydrogen (secondary N) is 2. The molecule has 0 spiro atoms. The van der Waals surface area contributed by atoms with Crippen molar-refractivity contribution in [2.75, 3.05) is 20.3 Å². The second-order valence-corrected chi connectivity index (χ2v) is 13.7. The monoisotopic (exact) mass is 816 g/mol. The second kappa shape index (κ2) is 22.2. The van der Waals surface area contributed by atoms with Gasteiger partial charge in [0.2, 0.25) is 11.8 Å². The molecular weight excluding hydrogens is 764 g/mol. The summed E-state index contributed by atoms with van der Waals surface area (Å²) in [7, 11) is 1.18. The summed E-state index contributed by atoms with van der Waals surface area (Å²) >= 11 is 0. The lowest BCUT2D eigenvalue weighted by Crippen LogP contribution is -2.70. The Morgan fingerprint density at radius 3 is 1.69 bits per heavy atom. The quantitative estimate of drug-likeness (QED) is 0.161. The second-order valence-electron chi connectivity index (χ2n) is 13.7. The van der Waals surface area contributed by atoms with E-state index in [1.54, 1.807) is 0 Å². The summed E-state index contributed by atoms with van der Waals surface area (Å²) in [5.41, 5.74) is 1.63. The zero-order chi connectivity index (χ0) is 42.4. The normalized spacial score (nSPS) is 27.3. The van der Waals surface area contributed by atoms with Crippen molar-refractivity contribution in [3.8, 4) is 0 Å². The Bertz CT molecular complexity index is 1680. The third-order valence-corrected chi connectivity index (χ3v) is 8.92. The average molecular weight is 817 g/mol. The highest BCUT2D eigenvalue weighted by atomic mass is 16.7. The fourth-order valence-corrected chi connectivity index (χ4v) is 6.53. The molecule has 2 heterocycles. The van der Waals surface area contributed by atoms with Crippen LogP contribution in [0.25, 0.3) is 0 Å². The largest absolute Gasteiger partial charge is 0.467 e. The first kappa shape index (κ1) is 45.7. The Labute approximate surface area is 336 Å². The van der Waals surface area contributed by atoms with Crippen LogP contribution in [0.2, 0.25) is 0 Å². The van der Waals surface area contributed by atoms with Crippen LogP contribution in [0.1, 0.15) is 52.7 Å². The number of amides is 2. The van der Waals surface area contributed by atoms with Crippen molar-refractivity contribution in [2.24, 2.45) is 0 Å². The fourth-order valence-electron chi connectivity index (χ4n) is 6.53. The lowest BCUT2D eigenvalue weighted by molar-refractivity contribution is -0.341. The molecule has 4 rings (SSSR count). The number of methoxy groups -OCH3 is 1. The van der Waals surface area contributed by atoms with Crippen LogP contribution < -0.4 is 10.6 Å². The van der Waals surface area contributed by atoms with Crippen LogP contribution in [-0.2, 0) is 89.3 Å². The summed E-state index contributed by atoms with van der Waals surface area (Å²) in [5, 5.41) is 5.49. The van der Waals surface area contributed by atoms with Crippen molar-refractivity contribution in [2.45, 2.75) is 122 Å². The lowest BCUT2D eigenvalue weighted by Gasteiger charge is -2.50. The van der Waals surface area contributed by atoms with Crippen molar-refractivity contribution >= 4 is 35.7 Å². The van der Waals surface area contributed by atoms with E-state index in [4.69, 9.17) is 47.4 Å². The van der Waals surface area contributed by atoms with Gasteiger partial charge in [-0.3, -0.25) is 24.0 Å². The van der Waals surface area contributed by atoms with Gasteiger partial charge in [0.25, 0.3) is 0 Å². The molecule has 18 nitrogen and oxygen atoms in total. The molecule has 0 aromatic heterocycles. The fraction of sp³-hybridized carbons (Fsp3) is 0.550. The highest BCUT2D eigenvalue weighted by Gasteiger charge is 2.56. The summed E-state index contributed by atoms with van der Waals surface area (Å²) in [4.78, 5) is 75.3. The topological polar surface area (TPSA) is 219 Å². The molecule has 2 N–H and O–H groups in total. The van der Waals surface area contributed by atoms with Crippen molar-refractivity contribution in [1.29, 1.82) is 0 Å². The zero-order valence-electron chi connectivity index (χ0n) is 33.5. The molecule has 18 heteroatoms. The molecule has 0 bridgehead atoms. The highest BCUT2D eigenvalue weighted by Crippen LogP contribution is 2.34. The Morgan fingerprint density at radius 1 is 0.638 bits per heavy atom. The summed E-state index contributed by atoms with van der Waals surface area (Å²) in [6.07, 6.45) is -12.0. The molecule has 0 saturated carbocycles. The highest BCUT2D eigenvalue weighted by molar-refractivity contribution is 5.75. The number of carbonyl (C=O) groups is 6. The predicted molar refractivity (Wildman–Crippen MR) is 199 cm³/mol. The zero-order valence-corrected chi connectivity index (χ0v) is 33.5. The first-order chi connectivity index (χ1) is 27.7. The molecule has 318 valence electrons. The molecule has 2 saturated heterocycles. The molecule has 2 fully saturated rings. The van der Waals surface area contributed by atoms with Crippen molar-refractivity contribution in [1.82, 2.24) is 10.6 Å². The van der Waals surface area contributed by atoms with E-state index in [0.717, 1.165) is 31.9 Å². The first-order valence-electron chi connectivity index (χ1n) is 18.7. The van der Waals surface area contributed by atoms with Gasteiger partial charge < -0.3 is 58.0 Å². The van der Waals surface area contributed by atoms with Crippen LogP contribution in [0.15, 0.2) is 60.7 Å². The van der Waals surface area contributed by atoms with Crippen molar-refractivity contribution in [3.63, 3.8) is 0 Å². The van der Waals surface area contributed by atoms with Crippen molar-refractivity contribution in [3.05, 3.63) is 71.8 Å². The number of esters is 4. The van der Waals surface area contributed by atoms with E-state index in [-0.39, 0.29) is 19.8 Å². The van der Waals surface area contributed by atoms with Gasteiger partial charge in [-0.1, -0.05) is 60.7 Å². The Kier molecular flexibility index (Phi) is 17.5. The third-order valence-electron chi connectivity index (χ3n) is 8.92. The number of hydrogen-bond acceptors (Lipinski definition) is 16. The van der Waals surface area contributed by atoms with Gasteiger partial charge in [0, 0.05) is 34.6 Å². The molecule has 2 aromatic rings. The minimum absolute atomic E-state index is 0.0414. The van der Waals surface area contributed by atoms with Gasteiger partial charge in [0.05, 0.1) is 26.9 Å². The maximum atomic E-state index is 12.9. The summed E-state index contributed by atoms with van der Waals surface area (Å²) in [6.45, 7) is 6.81. The average Bonchev–Trinajstić information content (AvgIpc) is 3.17. The third kappa shape index (κ3) is 13.6. The van der Waals surface area contributed by atoms with Gasteiger partial charge in [0.1, 0.15) is 43.1 Å². The SMILES string of the molecule is COC(=O)[C@@H](C)OC1C(NC(C)=O)C(OCc2ccccc2)OC(COCc2ccccc2)C1OC1OC(COC(C)=O)C(OC(C)=O)C(OC(C)=O)C1NC(C)=O. The molecule has 2 aliphatic rings. The van der Waals surface area contributed by atoms with Crippen LogP contribution in [0, 0.1) is 0 Å². The molecular formula is C40H52N2O16. The van der Waals surface area contributed by atoms with Crippen LogP contribution >= 0.6 is 0 Å². The maximum absolute atomic E-state index is 12.9. The minimum Gasteiger partial charge on any atom is -0.467 e. The minimum atomic E-state index is -1.59. The van der Waals surface area contributed by atoms with Gasteiger partial charge in [-0.15, -0.1) is 0 Å². The van der Waals surface area contributed by atoms with Crippen LogP contribution in [0.3, 0.4) is 0 Å². The standard InChI is InChI=1S/C40H52N2O16/c1-22(38(48)49-7)53-36-32(41-23(2)43)39(52-19-29-16-12-9-13-17-29)56-30(20-50-18-28-14-10-8-11-15-28)35(36)58-40-33(42-24(3)44)37(55-27(6)47)34(54-26(5)46)31(57-40)21-51-25(4)45/h8-17,22,30-37,39-40H,18-21H2,1-7H3,(H,41,43)(H,42,44)/t22-,30?,31?,32?,33?,34?,35?,36?,37?,39?,40?/m1/s1. The van der Waals surface area contributed by atoms with Gasteiger partial charge in [0.15, 0.2) is 30.9 Å². The Balaban J connectivity index is 1.84. The van der Waals surface area contributed by atoms with E-state index >= 15 is 0 Å². The van der Waals surface area contributed by atoms with Gasteiger partial charge in [-0.05, 0) is 18.1 Å². The van der Waals surface area contributed by atoms with E-state index in [1.165, 1.54) is 27.9 Å². The predicted octanol–water partition coefficient (Wildman–Crippen LogP) is 1.64. The van der Waals surface area contributed by atoms with Crippen LogP contribution in [-0.4, -0.2) is 123 Å². The molecule has 0 aliphatic carbocycles. The lowest BCUT2D eigenvalue weighted by atomic mass is 9.93. The number of hydrogen-bond donors (Lipinski definition) is 2. The summed E-state index contributed by atoms with van der Waals surface area (Å²) < 4.78 is 59.8. The van der Waals surface area contributed by atoms with E-state index in [9.17, 15) is 28.8 Å². The molecule has 0 radical (unpaired) electrons. The van der Waals surface area contributed by atoms with E-state index < -0.39 is 110 Å². The van der Waals surface area contributed by atoms with E-state index in [2.05, 4.69) is 10.6 Å². The van der Waals surface area contributed by atoms with Crippen LogP contribution in [0.4, 0.5) is 0 Å². The molecule has 2 amide bonds. The summed E-state index contributed by atoms with van der Waals surface area (Å²) in [5.74, 6) is -4.17. The number of rotatable bonds is 18. The van der Waals surface area contributed by atoms with Gasteiger partial charge >= 0.3 is 23.9 Å². The maximum Gasteiger partial charge on any atom is 0.334 e. The molecule has 11 atom stereocenters. The molecule has 58 heavy (non-hydrogen) atoms. The van der Waals surface area contributed by atoms with E-state index in [1.807, 2.05) is 60.7 Å². The number of benzene rings is 2. The smallest absolute Gasteiger partial charge is 0.334 e. The Morgan fingerprint density at radius 2 is 1.16 bits per heavy atom. The molecule has 10 unspecified atom stereocenters. The first-order valence-corrected chi connectivity index (χ1v) is 18.7. The van der Waals surface area contributed by atoms with Crippen LogP contribution in [0.5, 0.6) is 0 Å².